The number of aliphatic hydroxyl groups excluding tert-OH is 1. The molecule has 1 aromatic carbocycles. The number of piperazine rings is 1. The third-order valence-corrected chi connectivity index (χ3v) is 8.52. The average Bonchev–Trinajstić information content (AvgIpc) is 3.61. The van der Waals surface area contributed by atoms with Gasteiger partial charge < -0.3 is 29.9 Å². The maximum atomic E-state index is 13.3. The van der Waals surface area contributed by atoms with Gasteiger partial charge in [0.05, 0.1) is 22.2 Å². The van der Waals surface area contributed by atoms with Gasteiger partial charge in [-0.3, -0.25) is 9.59 Å². The number of carbonyl (C=O) groups excluding carboxylic acids is 3. The lowest BCUT2D eigenvalue weighted by molar-refractivity contribution is -0.150. The van der Waals surface area contributed by atoms with Gasteiger partial charge in [0.1, 0.15) is 12.6 Å². The van der Waals surface area contributed by atoms with E-state index in [4.69, 9.17) is 27.9 Å². The summed E-state index contributed by atoms with van der Waals surface area (Å²) < 4.78 is 5.30. The van der Waals surface area contributed by atoms with Crippen LogP contribution in [0.4, 0.5) is 10.5 Å². The first-order valence-electron chi connectivity index (χ1n) is 12.5. The van der Waals surface area contributed by atoms with Crippen molar-refractivity contribution < 1.29 is 24.2 Å². The number of nitrogens with one attached hydrogen (secondary N) is 1. The molecule has 11 heteroatoms. The van der Waals surface area contributed by atoms with Gasteiger partial charge in [0.15, 0.2) is 0 Å². The van der Waals surface area contributed by atoms with Crippen molar-refractivity contribution in [3.63, 3.8) is 0 Å². The Morgan fingerprint density at radius 3 is 2.58 bits per heavy atom. The summed E-state index contributed by atoms with van der Waals surface area (Å²) in [4.78, 5) is 43.2. The number of rotatable bonds is 7. The molecule has 2 aliphatic heterocycles. The summed E-state index contributed by atoms with van der Waals surface area (Å²) in [7, 11) is 0. The van der Waals surface area contributed by atoms with E-state index < -0.39 is 18.0 Å². The quantitative estimate of drug-likeness (QED) is 0.514. The number of anilines is 1. The van der Waals surface area contributed by atoms with Crippen LogP contribution in [-0.2, 0) is 14.3 Å². The largest absolute Gasteiger partial charge is 0.464 e. The fraction of sp³-hybridized carbons (Fsp3) is 0.640. The molecule has 2 heterocycles. The molecule has 198 valence electrons. The van der Waals surface area contributed by atoms with Gasteiger partial charge in [-0.25, -0.2) is 4.79 Å². The number of β-amino-alcohol motifs (C(OH)–C–C–N with tert-alkyl or cyclic N) is 1. The molecule has 1 spiro atoms. The zero-order valence-corrected chi connectivity index (χ0v) is 22.2. The molecule has 0 aromatic heterocycles. The lowest BCUT2D eigenvalue weighted by Gasteiger charge is -2.43. The second-order valence-corrected chi connectivity index (χ2v) is 10.9. The van der Waals surface area contributed by atoms with Crippen molar-refractivity contribution in [1.29, 1.82) is 0 Å². The Balaban J connectivity index is 1.36. The summed E-state index contributed by atoms with van der Waals surface area (Å²) in [6, 6.07) is 3.40. The van der Waals surface area contributed by atoms with E-state index >= 15 is 0 Å². The van der Waals surface area contributed by atoms with E-state index in [-0.39, 0.29) is 30.1 Å². The summed E-state index contributed by atoms with van der Waals surface area (Å²) in [6.45, 7) is 6.06. The van der Waals surface area contributed by atoms with E-state index in [1.807, 2.05) is 0 Å². The zero-order valence-electron chi connectivity index (χ0n) is 20.7. The number of benzene rings is 1. The molecule has 3 unspecified atom stereocenters. The predicted octanol–water partition coefficient (Wildman–Crippen LogP) is 3.23. The highest BCUT2D eigenvalue weighted by Gasteiger charge is 2.51. The van der Waals surface area contributed by atoms with Crippen LogP contribution in [0.1, 0.15) is 39.5 Å². The number of urea groups is 1. The van der Waals surface area contributed by atoms with Crippen LogP contribution in [0.15, 0.2) is 18.2 Å². The maximum Gasteiger partial charge on any atom is 0.322 e. The van der Waals surface area contributed by atoms with Crippen LogP contribution < -0.4 is 5.32 Å². The van der Waals surface area contributed by atoms with Crippen molar-refractivity contribution in [3.05, 3.63) is 28.2 Å². The van der Waals surface area contributed by atoms with Crippen LogP contribution in [0.5, 0.6) is 0 Å². The Morgan fingerprint density at radius 1 is 1.19 bits per heavy atom. The van der Waals surface area contributed by atoms with Crippen molar-refractivity contribution >= 4 is 46.8 Å². The van der Waals surface area contributed by atoms with Crippen molar-refractivity contribution in [1.82, 2.24) is 14.7 Å². The second-order valence-electron chi connectivity index (χ2n) is 10.1. The normalized spacial score (nSPS) is 24.5. The van der Waals surface area contributed by atoms with Gasteiger partial charge in [-0.15, -0.1) is 0 Å². The Hall–Kier alpha value is -2.07. The van der Waals surface area contributed by atoms with E-state index in [0.29, 0.717) is 48.3 Å². The van der Waals surface area contributed by atoms with Crippen molar-refractivity contribution in [2.24, 2.45) is 5.41 Å². The minimum atomic E-state index is -0.687. The van der Waals surface area contributed by atoms with Crippen LogP contribution in [-0.4, -0.2) is 95.2 Å². The number of likely N-dealkylation sites (tertiary alicyclic amines) is 1. The van der Waals surface area contributed by atoms with Crippen LogP contribution in [0.2, 0.25) is 10.0 Å². The Labute approximate surface area is 221 Å². The number of nitrogens with zero attached hydrogens (tertiary/aromatic N) is 3. The molecular formula is C25H34Cl2N4O5. The number of halogens is 2. The lowest BCUT2D eigenvalue weighted by Crippen LogP contribution is -2.61. The van der Waals surface area contributed by atoms with Crippen molar-refractivity contribution in [2.75, 3.05) is 44.6 Å². The lowest BCUT2D eigenvalue weighted by atomic mass is 9.90. The highest BCUT2D eigenvalue weighted by molar-refractivity contribution is 6.42. The maximum absolute atomic E-state index is 13.3. The van der Waals surface area contributed by atoms with E-state index in [9.17, 15) is 19.5 Å². The first kappa shape index (κ1) is 27.0. The molecule has 0 bridgehead atoms. The number of carbonyl (C=O) groups is 3. The van der Waals surface area contributed by atoms with E-state index in [0.717, 1.165) is 25.8 Å². The van der Waals surface area contributed by atoms with E-state index in [1.54, 1.807) is 30.0 Å². The van der Waals surface area contributed by atoms with Crippen LogP contribution in [0.25, 0.3) is 0 Å². The summed E-state index contributed by atoms with van der Waals surface area (Å²) in [5, 5.41) is 14.0. The van der Waals surface area contributed by atoms with Gasteiger partial charge in [-0.1, -0.05) is 23.2 Å². The molecule has 1 saturated carbocycles. The van der Waals surface area contributed by atoms with Crippen molar-refractivity contribution in [3.8, 4) is 0 Å². The third-order valence-electron chi connectivity index (χ3n) is 7.78. The topological polar surface area (TPSA) is 102 Å². The standard InChI is InChI=1S/C25H34Cl2N4O5/c1-16-23(34)31(12-11-30(16)24(35)28-18-3-4-20(26)21(27)13-18)19(15-36-17(2)32)5-9-29-10-8-25(6-7-25)22(33)14-29/h3-4,13,16,19,22,33H,5-12,14-15H2,1-2H3,(H,28,35). The first-order valence-corrected chi connectivity index (χ1v) is 13.2. The highest BCUT2D eigenvalue weighted by atomic mass is 35.5. The molecule has 36 heavy (non-hydrogen) atoms. The summed E-state index contributed by atoms with van der Waals surface area (Å²) in [5.74, 6) is -0.595. The minimum absolute atomic E-state index is 0.101. The number of aliphatic hydroxyl groups is 1. The average molecular weight is 541 g/mol. The predicted molar refractivity (Wildman–Crippen MR) is 137 cm³/mol. The van der Waals surface area contributed by atoms with Crippen molar-refractivity contribution in [2.45, 2.75) is 57.7 Å². The van der Waals surface area contributed by atoms with E-state index in [1.165, 1.54) is 11.8 Å². The molecule has 3 amide bonds. The minimum Gasteiger partial charge on any atom is -0.464 e. The molecule has 3 aliphatic rings. The summed E-state index contributed by atoms with van der Waals surface area (Å²) in [6.07, 6.45) is 3.50. The Bertz CT molecular complexity index is 1000. The molecule has 9 nitrogen and oxygen atoms in total. The molecule has 2 saturated heterocycles. The van der Waals surface area contributed by atoms with Crippen LogP contribution in [0.3, 0.4) is 0 Å². The zero-order chi connectivity index (χ0) is 26.0. The number of hydrogen-bond acceptors (Lipinski definition) is 6. The summed E-state index contributed by atoms with van der Waals surface area (Å²) >= 11 is 12.0. The van der Waals surface area contributed by atoms with Gasteiger partial charge >= 0.3 is 12.0 Å². The third kappa shape index (κ3) is 6.07. The molecular weight excluding hydrogens is 507 g/mol. The van der Waals surface area contributed by atoms with Gasteiger partial charge in [-0.05, 0) is 62.8 Å². The second kappa shape index (κ2) is 11.1. The fourth-order valence-corrected chi connectivity index (χ4v) is 5.50. The number of piperidine rings is 1. The van der Waals surface area contributed by atoms with Gasteiger partial charge in [0, 0.05) is 38.8 Å². The van der Waals surface area contributed by atoms with Gasteiger partial charge in [0.25, 0.3) is 0 Å². The molecule has 3 fully saturated rings. The number of amides is 3. The molecule has 4 rings (SSSR count). The van der Waals surface area contributed by atoms with E-state index in [2.05, 4.69) is 10.2 Å². The van der Waals surface area contributed by atoms with Crippen LogP contribution >= 0.6 is 23.2 Å². The molecule has 1 aliphatic carbocycles. The monoisotopic (exact) mass is 540 g/mol. The number of esters is 1. The SMILES string of the molecule is CC(=O)OCC(CCN1CCC2(CC2)C(O)C1)N1CCN(C(=O)Nc2ccc(Cl)c(Cl)c2)C(C)C1=O. The molecule has 0 radical (unpaired) electrons. The highest BCUT2D eigenvalue weighted by Crippen LogP contribution is 2.53. The Kier molecular flexibility index (Phi) is 8.34. The van der Waals surface area contributed by atoms with Crippen LogP contribution in [0, 0.1) is 5.41 Å². The number of hydrogen-bond donors (Lipinski definition) is 2. The summed E-state index contributed by atoms with van der Waals surface area (Å²) in [5.41, 5.74) is 0.619. The molecule has 2 N–H and O–H groups in total. The molecule has 1 aromatic rings. The fourth-order valence-electron chi connectivity index (χ4n) is 5.20. The smallest absolute Gasteiger partial charge is 0.322 e. The Morgan fingerprint density at radius 2 is 1.94 bits per heavy atom. The molecule has 3 atom stereocenters. The van der Waals surface area contributed by atoms with Gasteiger partial charge in [0.2, 0.25) is 5.91 Å². The number of ether oxygens (including phenoxy) is 1. The first-order chi connectivity index (χ1) is 17.1. The van der Waals surface area contributed by atoms with Gasteiger partial charge in [-0.2, -0.15) is 0 Å².